The molecule has 2 fully saturated rings. The zero-order chi connectivity index (χ0) is 16.8. The summed E-state index contributed by atoms with van der Waals surface area (Å²) in [6.45, 7) is 9.25. The maximum Gasteiger partial charge on any atom is 0.119 e. The number of ether oxygens (including phenoxy) is 1. The molecule has 2 nitrogen and oxygen atoms in total. The molecule has 24 heavy (non-hydrogen) atoms. The third-order valence-corrected chi connectivity index (χ3v) is 5.98. The Labute approximate surface area is 148 Å². The highest BCUT2D eigenvalue weighted by Crippen LogP contribution is 2.27. The lowest BCUT2D eigenvalue weighted by molar-refractivity contribution is 0.119. The van der Waals surface area contributed by atoms with Gasteiger partial charge < -0.3 is 9.64 Å². The van der Waals surface area contributed by atoms with E-state index in [0.717, 1.165) is 24.2 Å². The average molecular weight is 330 g/mol. The van der Waals surface area contributed by atoms with Crippen LogP contribution < -0.4 is 4.74 Å². The zero-order valence-corrected chi connectivity index (χ0v) is 15.7. The van der Waals surface area contributed by atoms with Crippen LogP contribution in [-0.4, -0.2) is 31.1 Å². The molecule has 1 heterocycles. The van der Waals surface area contributed by atoms with Crippen molar-refractivity contribution in [2.45, 2.75) is 64.7 Å². The van der Waals surface area contributed by atoms with Gasteiger partial charge in [0.05, 0.1) is 6.61 Å². The van der Waals surface area contributed by atoms with Crippen LogP contribution in [0.15, 0.2) is 24.3 Å². The van der Waals surface area contributed by atoms with Crippen LogP contribution in [0.25, 0.3) is 0 Å². The number of hydrogen-bond donors (Lipinski definition) is 0. The fraction of sp³-hybridized carbons (Fsp3) is 0.727. The first kappa shape index (κ1) is 17.8. The average Bonchev–Trinajstić information content (AvgIpc) is 2.62. The molecule has 0 N–H and O–H groups in total. The fourth-order valence-electron chi connectivity index (χ4n) is 4.23. The van der Waals surface area contributed by atoms with Crippen molar-refractivity contribution < 1.29 is 4.74 Å². The van der Waals surface area contributed by atoms with E-state index in [0.29, 0.717) is 5.92 Å². The van der Waals surface area contributed by atoms with Crippen LogP contribution in [0.1, 0.15) is 70.3 Å². The topological polar surface area (TPSA) is 12.5 Å². The Morgan fingerprint density at radius 2 is 1.58 bits per heavy atom. The number of hydrogen-bond acceptors (Lipinski definition) is 2. The Morgan fingerprint density at radius 3 is 2.21 bits per heavy atom. The van der Waals surface area contributed by atoms with Gasteiger partial charge in [-0.3, -0.25) is 0 Å². The van der Waals surface area contributed by atoms with Gasteiger partial charge in [0.1, 0.15) is 5.75 Å². The first-order chi connectivity index (χ1) is 11.7. The second-order valence-electron chi connectivity index (χ2n) is 8.28. The molecule has 1 aromatic carbocycles. The quantitative estimate of drug-likeness (QED) is 0.685. The second kappa shape index (κ2) is 8.89. The van der Waals surface area contributed by atoms with Gasteiger partial charge in [-0.1, -0.05) is 45.2 Å². The molecule has 1 aliphatic heterocycles. The number of piperidine rings is 1. The Kier molecular flexibility index (Phi) is 6.59. The first-order valence-corrected chi connectivity index (χ1v) is 10.2. The summed E-state index contributed by atoms with van der Waals surface area (Å²) in [4.78, 5) is 2.71. The van der Waals surface area contributed by atoms with Gasteiger partial charge in [-0.05, 0) is 74.2 Å². The van der Waals surface area contributed by atoms with Crippen LogP contribution in [0.3, 0.4) is 0 Å². The van der Waals surface area contributed by atoms with E-state index >= 15 is 0 Å². The van der Waals surface area contributed by atoms with Gasteiger partial charge in [-0.15, -0.1) is 0 Å². The Morgan fingerprint density at radius 1 is 0.917 bits per heavy atom. The minimum absolute atomic E-state index is 0.590. The van der Waals surface area contributed by atoms with Crippen LogP contribution in [-0.2, 0) is 0 Å². The molecular formula is C22H35NO. The summed E-state index contributed by atoms with van der Waals surface area (Å²) in [7, 11) is 0. The van der Waals surface area contributed by atoms with E-state index in [4.69, 9.17) is 4.74 Å². The molecule has 0 unspecified atom stereocenters. The zero-order valence-electron chi connectivity index (χ0n) is 15.7. The normalized spacial score (nSPS) is 21.3. The summed E-state index contributed by atoms with van der Waals surface area (Å²) in [6.07, 6.45) is 9.93. The third kappa shape index (κ3) is 5.24. The van der Waals surface area contributed by atoms with Gasteiger partial charge in [-0.25, -0.2) is 0 Å². The van der Waals surface area contributed by atoms with E-state index in [9.17, 15) is 0 Å². The van der Waals surface area contributed by atoms with E-state index < -0.39 is 0 Å². The molecule has 1 aliphatic carbocycles. The minimum Gasteiger partial charge on any atom is -0.493 e. The van der Waals surface area contributed by atoms with Crippen LogP contribution in [0.5, 0.6) is 5.75 Å². The van der Waals surface area contributed by atoms with Crippen molar-refractivity contribution in [3.63, 3.8) is 0 Å². The smallest absolute Gasteiger partial charge is 0.119 e. The number of likely N-dealkylation sites (tertiary alicyclic amines) is 1. The molecule has 0 bridgehead atoms. The summed E-state index contributed by atoms with van der Waals surface area (Å²) in [5, 5.41) is 0. The predicted octanol–water partition coefficient (Wildman–Crippen LogP) is 5.48. The van der Waals surface area contributed by atoms with Crippen LogP contribution in [0, 0.1) is 11.8 Å². The highest BCUT2D eigenvalue weighted by atomic mass is 16.5. The maximum atomic E-state index is 6.05. The van der Waals surface area contributed by atoms with E-state index in [-0.39, 0.29) is 0 Å². The summed E-state index contributed by atoms with van der Waals surface area (Å²) in [5.74, 6) is 3.33. The molecule has 0 radical (unpaired) electrons. The largest absolute Gasteiger partial charge is 0.493 e. The van der Waals surface area contributed by atoms with Gasteiger partial charge in [0.2, 0.25) is 0 Å². The highest BCUT2D eigenvalue weighted by molar-refractivity contribution is 5.28. The first-order valence-electron chi connectivity index (χ1n) is 10.2. The SMILES string of the molecule is CC(C)c1ccc(OCC2CCN(CC3CCCCC3)CC2)cc1. The fourth-order valence-corrected chi connectivity index (χ4v) is 4.23. The Hall–Kier alpha value is -1.02. The third-order valence-electron chi connectivity index (χ3n) is 5.98. The molecule has 1 aromatic rings. The van der Waals surface area contributed by atoms with Gasteiger partial charge in [0, 0.05) is 6.54 Å². The van der Waals surface area contributed by atoms with E-state index in [1.165, 1.54) is 70.1 Å². The summed E-state index contributed by atoms with van der Waals surface area (Å²) >= 11 is 0. The monoisotopic (exact) mass is 329 g/mol. The van der Waals surface area contributed by atoms with Gasteiger partial charge >= 0.3 is 0 Å². The summed E-state index contributed by atoms with van der Waals surface area (Å²) in [5.41, 5.74) is 1.39. The van der Waals surface area contributed by atoms with E-state index in [2.05, 4.69) is 43.0 Å². The molecule has 2 heteroatoms. The van der Waals surface area contributed by atoms with Gasteiger partial charge in [0.25, 0.3) is 0 Å². The molecular weight excluding hydrogens is 294 g/mol. The lowest BCUT2D eigenvalue weighted by Crippen LogP contribution is -2.38. The van der Waals surface area contributed by atoms with Gasteiger partial charge in [-0.2, -0.15) is 0 Å². The van der Waals surface area contributed by atoms with Gasteiger partial charge in [0.15, 0.2) is 0 Å². The molecule has 3 rings (SSSR count). The van der Waals surface area contributed by atoms with E-state index in [1.807, 2.05) is 0 Å². The van der Waals surface area contributed by atoms with Crippen molar-refractivity contribution in [2.75, 3.05) is 26.2 Å². The maximum absolute atomic E-state index is 6.05. The van der Waals surface area contributed by atoms with Crippen LogP contribution in [0.4, 0.5) is 0 Å². The molecule has 0 spiro atoms. The van der Waals surface area contributed by atoms with E-state index in [1.54, 1.807) is 0 Å². The Balaban J connectivity index is 1.36. The molecule has 134 valence electrons. The lowest BCUT2D eigenvalue weighted by Gasteiger charge is -2.35. The molecule has 0 aromatic heterocycles. The molecule has 1 saturated carbocycles. The Bertz CT molecular complexity index is 467. The van der Waals surface area contributed by atoms with Crippen molar-refractivity contribution in [3.05, 3.63) is 29.8 Å². The van der Waals surface area contributed by atoms with Crippen molar-refractivity contribution in [3.8, 4) is 5.75 Å². The second-order valence-corrected chi connectivity index (χ2v) is 8.28. The summed E-state index contributed by atoms with van der Waals surface area (Å²) < 4.78 is 6.05. The minimum atomic E-state index is 0.590. The van der Waals surface area contributed by atoms with Crippen LogP contribution >= 0.6 is 0 Å². The van der Waals surface area contributed by atoms with Crippen molar-refractivity contribution >= 4 is 0 Å². The number of nitrogens with zero attached hydrogens (tertiary/aromatic N) is 1. The van der Waals surface area contributed by atoms with Crippen molar-refractivity contribution in [2.24, 2.45) is 11.8 Å². The van der Waals surface area contributed by atoms with Crippen molar-refractivity contribution in [1.82, 2.24) is 4.90 Å². The summed E-state index contributed by atoms with van der Waals surface area (Å²) in [6, 6.07) is 8.67. The van der Waals surface area contributed by atoms with Crippen LogP contribution in [0.2, 0.25) is 0 Å². The molecule has 1 saturated heterocycles. The molecule has 2 aliphatic rings. The predicted molar refractivity (Wildman–Crippen MR) is 102 cm³/mol. The van der Waals surface area contributed by atoms with Crippen molar-refractivity contribution in [1.29, 1.82) is 0 Å². The number of benzene rings is 1. The molecule has 0 amide bonds. The highest BCUT2D eigenvalue weighted by Gasteiger charge is 2.23. The molecule has 0 atom stereocenters. The number of rotatable bonds is 6. The lowest BCUT2D eigenvalue weighted by atomic mass is 9.88. The standard InChI is InChI=1S/C22H35NO/c1-18(2)21-8-10-22(11-9-21)24-17-20-12-14-23(15-13-20)16-19-6-4-3-5-7-19/h8-11,18-20H,3-7,12-17H2,1-2H3.